The van der Waals surface area contributed by atoms with Gasteiger partial charge in [0.2, 0.25) is 11.9 Å². The predicted molar refractivity (Wildman–Crippen MR) is 105 cm³/mol. The highest BCUT2D eigenvalue weighted by Crippen LogP contribution is 2.21. The van der Waals surface area contributed by atoms with Crippen LogP contribution in [0.25, 0.3) is 11.4 Å². The molecular weight excluding hydrogens is 346 g/mol. The number of aliphatic hydroxyl groups excluding tert-OH is 1. The molecule has 2 aromatic rings. The van der Waals surface area contributed by atoms with Crippen LogP contribution in [-0.4, -0.2) is 53.5 Å². The SMILES string of the molecule is CCCCOCN(COC)c1nc(NC(C)O)nc(-c2cccc(C)c2)n1. The summed E-state index contributed by atoms with van der Waals surface area (Å²) < 4.78 is 11.0. The molecule has 1 unspecified atom stereocenters. The normalized spacial score (nSPS) is 12.0. The zero-order valence-corrected chi connectivity index (χ0v) is 16.5. The third kappa shape index (κ3) is 6.74. The first-order chi connectivity index (χ1) is 13.0. The van der Waals surface area contributed by atoms with Gasteiger partial charge in [-0.3, -0.25) is 4.90 Å². The second-order valence-electron chi connectivity index (χ2n) is 6.32. The van der Waals surface area contributed by atoms with Crippen molar-refractivity contribution < 1.29 is 14.6 Å². The van der Waals surface area contributed by atoms with Crippen LogP contribution in [0.2, 0.25) is 0 Å². The van der Waals surface area contributed by atoms with Crippen molar-refractivity contribution in [3.63, 3.8) is 0 Å². The molecule has 8 heteroatoms. The zero-order valence-electron chi connectivity index (χ0n) is 16.5. The highest BCUT2D eigenvalue weighted by Gasteiger charge is 2.15. The van der Waals surface area contributed by atoms with Crippen LogP contribution >= 0.6 is 0 Å². The van der Waals surface area contributed by atoms with E-state index in [9.17, 15) is 5.11 Å². The Morgan fingerprint density at radius 2 is 2.04 bits per heavy atom. The van der Waals surface area contributed by atoms with E-state index in [0.717, 1.165) is 24.0 Å². The molecule has 8 nitrogen and oxygen atoms in total. The molecule has 0 amide bonds. The average molecular weight is 375 g/mol. The number of rotatable bonds is 11. The summed E-state index contributed by atoms with van der Waals surface area (Å²) in [6.45, 7) is 6.97. The van der Waals surface area contributed by atoms with Crippen LogP contribution in [0.15, 0.2) is 24.3 Å². The molecule has 1 aromatic carbocycles. The quantitative estimate of drug-likeness (QED) is 0.457. The number of nitrogens with one attached hydrogen (secondary N) is 1. The van der Waals surface area contributed by atoms with Crippen molar-refractivity contribution in [2.75, 3.05) is 37.4 Å². The smallest absolute Gasteiger partial charge is 0.234 e. The molecule has 2 rings (SSSR count). The topological polar surface area (TPSA) is 92.6 Å². The Bertz CT molecular complexity index is 711. The molecule has 0 saturated heterocycles. The van der Waals surface area contributed by atoms with Crippen molar-refractivity contribution in [3.8, 4) is 11.4 Å². The van der Waals surface area contributed by atoms with Crippen LogP contribution in [0.1, 0.15) is 32.3 Å². The van der Waals surface area contributed by atoms with Gasteiger partial charge in [-0.15, -0.1) is 0 Å². The van der Waals surface area contributed by atoms with Gasteiger partial charge in [0.15, 0.2) is 5.82 Å². The number of ether oxygens (including phenoxy) is 2. The van der Waals surface area contributed by atoms with Crippen LogP contribution in [0.3, 0.4) is 0 Å². The molecule has 0 aliphatic carbocycles. The zero-order chi connectivity index (χ0) is 19.6. The predicted octanol–water partition coefficient (Wildman–Crippen LogP) is 2.78. The van der Waals surface area contributed by atoms with Crippen molar-refractivity contribution >= 4 is 11.9 Å². The molecule has 0 aliphatic heterocycles. The van der Waals surface area contributed by atoms with E-state index in [2.05, 4.69) is 27.2 Å². The molecule has 27 heavy (non-hydrogen) atoms. The summed E-state index contributed by atoms with van der Waals surface area (Å²) in [5.41, 5.74) is 1.98. The molecule has 0 spiro atoms. The van der Waals surface area contributed by atoms with E-state index in [1.807, 2.05) is 31.2 Å². The van der Waals surface area contributed by atoms with Crippen molar-refractivity contribution in [1.29, 1.82) is 0 Å². The Morgan fingerprint density at radius 1 is 1.22 bits per heavy atom. The number of aryl methyl sites for hydroxylation is 1. The Labute approximate surface area is 160 Å². The Hall–Kier alpha value is -2.29. The average Bonchev–Trinajstić information content (AvgIpc) is 2.63. The number of aliphatic hydroxyl groups is 1. The molecule has 148 valence electrons. The second-order valence-corrected chi connectivity index (χ2v) is 6.32. The number of hydrogen-bond acceptors (Lipinski definition) is 8. The lowest BCUT2D eigenvalue weighted by atomic mass is 10.1. The van der Waals surface area contributed by atoms with E-state index in [4.69, 9.17) is 9.47 Å². The molecule has 1 heterocycles. The molecule has 1 atom stereocenters. The molecule has 0 aliphatic rings. The summed E-state index contributed by atoms with van der Waals surface area (Å²) in [6, 6.07) is 7.91. The van der Waals surface area contributed by atoms with Gasteiger partial charge in [-0.05, 0) is 26.3 Å². The number of hydrogen-bond donors (Lipinski definition) is 2. The van der Waals surface area contributed by atoms with E-state index in [0.29, 0.717) is 31.1 Å². The lowest BCUT2D eigenvalue weighted by Crippen LogP contribution is -2.31. The van der Waals surface area contributed by atoms with Crippen LogP contribution < -0.4 is 10.2 Å². The van der Waals surface area contributed by atoms with Crippen molar-refractivity contribution in [3.05, 3.63) is 29.8 Å². The van der Waals surface area contributed by atoms with Crippen molar-refractivity contribution in [2.45, 2.75) is 39.8 Å². The van der Waals surface area contributed by atoms with Crippen LogP contribution in [0.4, 0.5) is 11.9 Å². The van der Waals surface area contributed by atoms with Gasteiger partial charge in [-0.2, -0.15) is 15.0 Å². The number of unbranched alkanes of at least 4 members (excludes halogenated alkanes) is 1. The summed E-state index contributed by atoms with van der Waals surface area (Å²) in [7, 11) is 1.61. The first-order valence-electron chi connectivity index (χ1n) is 9.12. The number of nitrogens with zero attached hydrogens (tertiary/aromatic N) is 4. The van der Waals surface area contributed by atoms with E-state index in [1.165, 1.54) is 0 Å². The van der Waals surface area contributed by atoms with Gasteiger partial charge in [0.05, 0.1) is 0 Å². The fourth-order valence-electron chi connectivity index (χ4n) is 2.40. The molecule has 0 fully saturated rings. The minimum Gasteiger partial charge on any atom is -0.374 e. The number of benzene rings is 1. The second kappa shape index (κ2) is 10.8. The standard InChI is InChI=1S/C19H29N5O3/c1-5-6-10-27-13-24(12-26-4)19-22-17(16-9-7-8-14(2)11-16)21-18(23-19)20-15(3)25/h7-9,11,15,25H,5-6,10,12-13H2,1-4H3,(H,20,21,22,23). The van der Waals surface area contributed by atoms with Gasteiger partial charge < -0.3 is 19.9 Å². The van der Waals surface area contributed by atoms with Gasteiger partial charge in [0, 0.05) is 19.3 Å². The summed E-state index contributed by atoms with van der Waals surface area (Å²) >= 11 is 0. The van der Waals surface area contributed by atoms with Gasteiger partial charge in [0.25, 0.3) is 0 Å². The summed E-state index contributed by atoms with van der Waals surface area (Å²) in [4.78, 5) is 15.2. The molecule has 1 aromatic heterocycles. The number of methoxy groups -OCH3 is 1. The van der Waals surface area contributed by atoms with Crippen LogP contribution in [-0.2, 0) is 9.47 Å². The van der Waals surface area contributed by atoms with Crippen molar-refractivity contribution in [1.82, 2.24) is 15.0 Å². The lowest BCUT2D eigenvalue weighted by molar-refractivity contribution is 0.102. The maximum absolute atomic E-state index is 9.67. The monoisotopic (exact) mass is 375 g/mol. The molecule has 0 radical (unpaired) electrons. The first-order valence-corrected chi connectivity index (χ1v) is 9.12. The van der Waals surface area contributed by atoms with Crippen LogP contribution in [0, 0.1) is 6.92 Å². The van der Waals surface area contributed by atoms with E-state index < -0.39 is 6.23 Å². The van der Waals surface area contributed by atoms with Gasteiger partial charge >= 0.3 is 0 Å². The molecule has 2 N–H and O–H groups in total. The molecule has 0 saturated carbocycles. The molecular formula is C19H29N5O3. The fourth-order valence-corrected chi connectivity index (χ4v) is 2.40. The van der Waals surface area contributed by atoms with E-state index in [-0.39, 0.29) is 6.73 Å². The van der Waals surface area contributed by atoms with Gasteiger partial charge in [0.1, 0.15) is 19.7 Å². The molecule has 0 bridgehead atoms. The maximum Gasteiger partial charge on any atom is 0.234 e. The largest absolute Gasteiger partial charge is 0.374 e. The summed E-state index contributed by atoms with van der Waals surface area (Å²) in [5, 5.41) is 12.5. The third-order valence-electron chi connectivity index (χ3n) is 3.69. The first kappa shape index (κ1) is 21.0. The fraction of sp³-hybridized carbons (Fsp3) is 0.526. The van der Waals surface area contributed by atoms with Crippen molar-refractivity contribution in [2.24, 2.45) is 0 Å². The van der Waals surface area contributed by atoms with Crippen LogP contribution in [0.5, 0.6) is 0 Å². The minimum atomic E-state index is -0.790. The number of anilines is 2. The number of aromatic nitrogens is 3. The highest BCUT2D eigenvalue weighted by atomic mass is 16.5. The lowest BCUT2D eigenvalue weighted by Gasteiger charge is -2.22. The summed E-state index contributed by atoms with van der Waals surface area (Å²) in [5.74, 6) is 1.23. The Morgan fingerprint density at radius 3 is 2.70 bits per heavy atom. The van der Waals surface area contributed by atoms with E-state index >= 15 is 0 Å². The van der Waals surface area contributed by atoms with Gasteiger partial charge in [-0.1, -0.05) is 37.1 Å². The Kier molecular flexibility index (Phi) is 8.38. The van der Waals surface area contributed by atoms with Gasteiger partial charge in [-0.25, -0.2) is 0 Å². The highest BCUT2D eigenvalue weighted by molar-refractivity contribution is 5.59. The van der Waals surface area contributed by atoms with E-state index in [1.54, 1.807) is 18.9 Å². The minimum absolute atomic E-state index is 0.275. The Balaban J connectivity index is 2.35. The third-order valence-corrected chi connectivity index (χ3v) is 3.69. The summed E-state index contributed by atoms with van der Waals surface area (Å²) in [6.07, 6.45) is 1.26. The maximum atomic E-state index is 9.67.